The van der Waals surface area contributed by atoms with Gasteiger partial charge in [-0.1, -0.05) is 36.7 Å². The van der Waals surface area contributed by atoms with E-state index in [1.165, 1.54) is 6.07 Å². The smallest absolute Gasteiger partial charge is 0.275 e. The minimum absolute atomic E-state index is 0.0210. The number of benzene rings is 1. The Morgan fingerprint density at radius 2 is 2.10 bits per heavy atom. The van der Waals surface area contributed by atoms with E-state index >= 15 is 0 Å². The van der Waals surface area contributed by atoms with Crippen molar-refractivity contribution in [3.8, 4) is 0 Å². The maximum absolute atomic E-state index is 11.1. The fourth-order valence-electron chi connectivity index (χ4n) is 2.06. The summed E-state index contributed by atoms with van der Waals surface area (Å²) in [6, 6.07) is 5.14. The number of aliphatic hydroxyl groups is 1. The van der Waals surface area contributed by atoms with Crippen molar-refractivity contribution in [2.75, 3.05) is 6.61 Å². The van der Waals surface area contributed by atoms with Crippen molar-refractivity contribution in [1.29, 1.82) is 0 Å². The first-order valence-electron chi connectivity index (χ1n) is 6.52. The number of rotatable bonds is 6. The average Bonchev–Trinajstić information content (AvgIpc) is 2.34. The summed E-state index contributed by atoms with van der Waals surface area (Å²) in [5.41, 5.74) is 0.723. The van der Waals surface area contributed by atoms with Crippen molar-refractivity contribution in [3.05, 3.63) is 38.3 Å². The van der Waals surface area contributed by atoms with E-state index in [1.807, 2.05) is 0 Å². The largest absolute Gasteiger partial charge is 0.396 e. The molecular weight excluding hydrogens is 324 g/mol. The van der Waals surface area contributed by atoms with Crippen LogP contribution in [0.15, 0.2) is 22.7 Å². The Labute approximate surface area is 127 Å². The van der Waals surface area contributed by atoms with Crippen LogP contribution >= 0.6 is 15.9 Å². The van der Waals surface area contributed by atoms with Crippen molar-refractivity contribution >= 4 is 21.6 Å². The third kappa shape index (κ3) is 4.85. The van der Waals surface area contributed by atoms with Gasteiger partial charge in [-0.05, 0) is 24.0 Å². The van der Waals surface area contributed by atoms with Crippen LogP contribution in [0.25, 0.3) is 0 Å². The van der Waals surface area contributed by atoms with Gasteiger partial charge < -0.3 is 10.4 Å². The second-order valence-corrected chi connectivity index (χ2v) is 6.76. The second-order valence-electron chi connectivity index (χ2n) is 5.84. The number of nitro groups is 1. The van der Waals surface area contributed by atoms with Gasteiger partial charge in [0.25, 0.3) is 5.69 Å². The number of nitro benzene ring substituents is 1. The van der Waals surface area contributed by atoms with E-state index in [0.29, 0.717) is 23.0 Å². The molecule has 0 radical (unpaired) electrons. The van der Waals surface area contributed by atoms with Crippen molar-refractivity contribution in [2.24, 2.45) is 5.41 Å². The van der Waals surface area contributed by atoms with E-state index in [-0.39, 0.29) is 28.7 Å². The van der Waals surface area contributed by atoms with E-state index in [0.717, 1.165) is 0 Å². The zero-order valence-corrected chi connectivity index (χ0v) is 13.6. The van der Waals surface area contributed by atoms with Crippen molar-refractivity contribution < 1.29 is 10.0 Å². The maximum atomic E-state index is 11.1. The highest BCUT2D eigenvalue weighted by atomic mass is 79.9. The second kappa shape index (κ2) is 7.15. The molecule has 0 saturated heterocycles. The van der Waals surface area contributed by atoms with Crippen LogP contribution in [0.4, 0.5) is 5.69 Å². The van der Waals surface area contributed by atoms with Crippen LogP contribution in [-0.2, 0) is 6.54 Å². The first-order valence-corrected chi connectivity index (χ1v) is 7.32. The Balaban J connectivity index is 2.85. The Bertz CT molecular complexity index is 472. The minimum atomic E-state index is -0.375. The molecule has 0 saturated carbocycles. The summed E-state index contributed by atoms with van der Waals surface area (Å²) in [5, 5.41) is 23.5. The highest BCUT2D eigenvalue weighted by Crippen LogP contribution is 2.26. The first-order chi connectivity index (χ1) is 9.25. The molecule has 0 fully saturated rings. The number of nitrogens with one attached hydrogen (secondary N) is 1. The molecule has 0 amide bonds. The van der Waals surface area contributed by atoms with Crippen molar-refractivity contribution in [1.82, 2.24) is 5.32 Å². The van der Waals surface area contributed by atoms with Crippen LogP contribution in [0.5, 0.6) is 0 Å². The van der Waals surface area contributed by atoms with Crippen molar-refractivity contribution in [3.63, 3.8) is 0 Å². The third-order valence-corrected chi connectivity index (χ3v) is 3.74. The molecule has 0 heterocycles. The van der Waals surface area contributed by atoms with E-state index < -0.39 is 0 Å². The number of hydrogen-bond donors (Lipinski definition) is 2. The molecule has 0 aliphatic carbocycles. The Hall–Kier alpha value is -0.980. The van der Waals surface area contributed by atoms with Gasteiger partial charge in [-0.3, -0.25) is 10.1 Å². The van der Waals surface area contributed by atoms with Gasteiger partial charge in [-0.25, -0.2) is 0 Å². The molecule has 1 aromatic carbocycles. The van der Waals surface area contributed by atoms with Crippen LogP contribution in [-0.4, -0.2) is 22.7 Å². The Kier molecular flexibility index (Phi) is 6.10. The molecule has 0 aliphatic rings. The van der Waals surface area contributed by atoms with Gasteiger partial charge in [0.2, 0.25) is 0 Å². The van der Waals surface area contributed by atoms with Gasteiger partial charge in [-0.2, -0.15) is 0 Å². The van der Waals surface area contributed by atoms with Gasteiger partial charge in [0.1, 0.15) is 0 Å². The van der Waals surface area contributed by atoms with Crippen LogP contribution < -0.4 is 5.32 Å². The van der Waals surface area contributed by atoms with Crippen LogP contribution in [0, 0.1) is 15.5 Å². The fraction of sp³-hybridized carbons (Fsp3) is 0.571. The lowest BCUT2D eigenvalue weighted by Gasteiger charge is -2.31. The number of nitrogens with zero attached hydrogens (tertiary/aromatic N) is 1. The van der Waals surface area contributed by atoms with Gasteiger partial charge in [0.05, 0.1) is 4.92 Å². The Morgan fingerprint density at radius 1 is 1.45 bits per heavy atom. The molecule has 6 heteroatoms. The summed E-state index contributed by atoms with van der Waals surface area (Å²) < 4.78 is 0.690. The summed E-state index contributed by atoms with van der Waals surface area (Å²) in [6.07, 6.45) is 0.619. The number of aliphatic hydroxyl groups excluding tert-OH is 1. The molecule has 5 nitrogen and oxygen atoms in total. The van der Waals surface area contributed by atoms with E-state index in [4.69, 9.17) is 5.11 Å². The molecule has 2 N–H and O–H groups in total. The van der Waals surface area contributed by atoms with Crippen LogP contribution in [0.2, 0.25) is 0 Å². The van der Waals surface area contributed by atoms with E-state index in [2.05, 4.69) is 42.0 Å². The zero-order chi connectivity index (χ0) is 15.3. The molecule has 0 spiro atoms. The predicted molar refractivity (Wildman–Crippen MR) is 82.6 cm³/mol. The average molecular weight is 345 g/mol. The van der Waals surface area contributed by atoms with Crippen LogP contribution in [0.3, 0.4) is 0 Å². The molecule has 112 valence electrons. The minimum Gasteiger partial charge on any atom is -0.396 e. The quantitative estimate of drug-likeness (QED) is 0.613. The van der Waals surface area contributed by atoms with E-state index in [9.17, 15) is 10.1 Å². The molecule has 1 unspecified atom stereocenters. The molecule has 1 atom stereocenters. The summed E-state index contributed by atoms with van der Waals surface area (Å²) in [5.74, 6) is 0. The van der Waals surface area contributed by atoms with Gasteiger partial charge in [0.15, 0.2) is 0 Å². The van der Waals surface area contributed by atoms with Gasteiger partial charge in [-0.15, -0.1) is 0 Å². The topological polar surface area (TPSA) is 75.4 Å². The monoisotopic (exact) mass is 344 g/mol. The maximum Gasteiger partial charge on any atom is 0.275 e. The molecule has 1 rings (SSSR count). The SMILES string of the molecule is CC(C)(C)C(CCO)NCc1ccc(Br)cc1[N+](=O)[O-]. The summed E-state index contributed by atoms with van der Waals surface area (Å²) in [7, 11) is 0. The fourth-order valence-corrected chi connectivity index (χ4v) is 2.41. The van der Waals surface area contributed by atoms with Crippen LogP contribution in [0.1, 0.15) is 32.8 Å². The lowest BCUT2D eigenvalue weighted by Crippen LogP contribution is -2.40. The normalized spacial score (nSPS) is 13.2. The number of halogens is 1. The molecule has 0 aliphatic heterocycles. The summed E-state index contributed by atoms with van der Waals surface area (Å²) in [4.78, 5) is 10.7. The van der Waals surface area contributed by atoms with Gasteiger partial charge in [0, 0.05) is 35.3 Å². The van der Waals surface area contributed by atoms with Gasteiger partial charge >= 0.3 is 0 Å². The molecule has 20 heavy (non-hydrogen) atoms. The molecule has 1 aromatic rings. The molecule has 0 bridgehead atoms. The Morgan fingerprint density at radius 3 is 2.60 bits per heavy atom. The predicted octanol–water partition coefficient (Wildman–Crippen LogP) is 3.24. The lowest BCUT2D eigenvalue weighted by molar-refractivity contribution is -0.385. The van der Waals surface area contributed by atoms with Crippen molar-refractivity contribution in [2.45, 2.75) is 39.8 Å². The highest BCUT2D eigenvalue weighted by Gasteiger charge is 2.24. The number of hydrogen-bond acceptors (Lipinski definition) is 4. The zero-order valence-electron chi connectivity index (χ0n) is 12.0. The highest BCUT2D eigenvalue weighted by molar-refractivity contribution is 9.10. The first kappa shape index (κ1) is 17.1. The molecular formula is C14H21BrN2O3. The van der Waals surface area contributed by atoms with E-state index in [1.54, 1.807) is 12.1 Å². The third-order valence-electron chi connectivity index (χ3n) is 3.25. The summed E-state index contributed by atoms with van der Waals surface area (Å²) in [6.45, 7) is 6.74. The lowest BCUT2D eigenvalue weighted by atomic mass is 9.85. The standard InChI is InChI=1S/C14H21BrN2O3/c1-14(2,3)13(6-7-18)16-9-10-4-5-11(15)8-12(10)17(19)20/h4-5,8,13,16,18H,6-7,9H2,1-3H3. The molecule has 0 aromatic heterocycles. The summed E-state index contributed by atoms with van der Waals surface area (Å²) >= 11 is 3.24.